The predicted molar refractivity (Wildman–Crippen MR) is 109 cm³/mol. The summed E-state index contributed by atoms with van der Waals surface area (Å²) < 4.78 is 2.31. The zero-order chi connectivity index (χ0) is 16.9. The molecule has 0 aliphatic carbocycles. The molecule has 3 rings (SSSR count). The summed E-state index contributed by atoms with van der Waals surface area (Å²) in [5, 5.41) is 3.29. The van der Waals surface area contributed by atoms with E-state index in [1.54, 1.807) is 0 Å². The molecule has 1 N–H and O–H groups in total. The lowest BCUT2D eigenvalue weighted by Crippen LogP contribution is -2.42. The number of rotatable bonds is 6. The summed E-state index contributed by atoms with van der Waals surface area (Å²) in [5.41, 5.74) is 0. The highest BCUT2D eigenvalue weighted by molar-refractivity contribution is 5.85. The fourth-order valence-electron chi connectivity index (χ4n) is 3.91. The van der Waals surface area contributed by atoms with E-state index < -0.39 is 0 Å². The van der Waals surface area contributed by atoms with Crippen molar-refractivity contribution < 1.29 is 4.79 Å². The van der Waals surface area contributed by atoms with Crippen molar-refractivity contribution in [3.8, 4) is 0 Å². The molecule has 150 valence electrons. The van der Waals surface area contributed by atoms with Crippen LogP contribution in [0.5, 0.6) is 0 Å². The SMILES string of the molecule is CN(C)CCCn1ccnc1C1CCN(C(=O)C2CCNC2)CC1.Cl.Cl. The third-order valence-corrected chi connectivity index (χ3v) is 5.33. The zero-order valence-electron chi connectivity index (χ0n) is 15.9. The standard InChI is InChI=1S/C18H31N5O.2ClH/c1-21(2)9-3-10-22-13-8-20-17(22)15-5-11-23(12-6-15)18(24)16-4-7-19-14-16;;/h8,13,15-16,19H,3-7,9-12,14H2,1-2H3;2*1H. The lowest BCUT2D eigenvalue weighted by atomic mass is 9.94. The Morgan fingerprint density at radius 3 is 2.62 bits per heavy atom. The van der Waals surface area contributed by atoms with Gasteiger partial charge in [0.1, 0.15) is 5.82 Å². The molecule has 2 fully saturated rings. The number of hydrogen-bond donors (Lipinski definition) is 1. The van der Waals surface area contributed by atoms with Crippen molar-refractivity contribution in [3.05, 3.63) is 18.2 Å². The fraction of sp³-hybridized carbons (Fsp3) is 0.778. The van der Waals surface area contributed by atoms with E-state index in [9.17, 15) is 4.79 Å². The van der Waals surface area contributed by atoms with Crippen LogP contribution in [0.15, 0.2) is 12.4 Å². The number of aryl methyl sites for hydroxylation is 1. The van der Waals surface area contributed by atoms with Gasteiger partial charge in [-0.2, -0.15) is 0 Å². The molecule has 8 heteroatoms. The van der Waals surface area contributed by atoms with Crippen LogP contribution >= 0.6 is 24.8 Å². The van der Waals surface area contributed by atoms with E-state index in [0.29, 0.717) is 11.8 Å². The van der Waals surface area contributed by atoms with Gasteiger partial charge in [0.05, 0.1) is 5.92 Å². The van der Waals surface area contributed by atoms with Crippen LogP contribution in [0.1, 0.15) is 37.4 Å². The van der Waals surface area contributed by atoms with Crippen LogP contribution in [-0.2, 0) is 11.3 Å². The monoisotopic (exact) mass is 405 g/mol. The number of likely N-dealkylation sites (tertiary alicyclic amines) is 1. The van der Waals surface area contributed by atoms with E-state index in [0.717, 1.165) is 65.0 Å². The summed E-state index contributed by atoms with van der Waals surface area (Å²) in [5.74, 6) is 2.26. The minimum absolute atomic E-state index is 0. The number of nitrogens with zero attached hydrogens (tertiary/aromatic N) is 4. The van der Waals surface area contributed by atoms with E-state index in [1.807, 2.05) is 6.20 Å². The molecule has 0 bridgehead atoms. The highest BCUT2D eigenvalue weighted by Crippen LogP contribution is 2.28. The molecule has 0 saturated carbocycles. The van der Waals surface area contributed by atoms with E-state index in [2.05, 4.69) is 45.0 Å². The maximum atomic E-state index is 12.5. The summed E-state index contributed by atoms with van der Waals surface area (Å²) >= 11 is 0. The van der Waals surface area contributed by atoms with Crippen molar-refractivity contribution in [2.45, 2.75) is 38.1 Å². The number of carbonyl (C=O) groups excluding carboxylic acids is 1. The molecule has 6 nitrogen and oxygen atoms in total. The first kappa shape index (κ1) is 23.2. The Labute approximate surface area is 169 Å². The molecular formula is C18H33Cl2N5O. The minimum atomic E-state index is 0. The van der Waals surface area contributed by atoms with Crippen LogP contribution < -0.4 is 5.32 Å². The molecule has 1 aromatic heterocycles. The topological polar surface area (TPSA) is 53.4 Å². The quantitative estimate of drug-likeness (QED) is 0.785. The molecule has 1 atom stereocenters. The second kappa shape index (κ2) is 11.1. The molecule has 2 saturated heterocycles. The molecule has 1 unspecified atom stereocenters. The normalized spacial score (nSPS) is 20.7. The van der Waals surface area contributed by atoms with Gasteiger partial charge in [0.25, 0.3) is 0 Å². The third kappa shape index (κ3) is 5.84. The molecule has 0 aromatic carbocycles. The van der Waals surface area contributed by atoms with Crippen LogP contribution in [0, 0.1) is 5.92 Å². The van der Waals surface area contributed by atoms with Crippen molar-refractivity contribution in [3.63, 3.8) is 0 Å². The van der Waals surface area contributed by atoms with Gasteiger partial charge in [-0.3, -0.25) is 4.79 Å². The lowest BCUT2D eigenvalue weighted by molar-refractivity contribution is -0.136. The van der Waals surface area contributed by atoms with Crippen LogP contribution in [0.3, 0.4) is 0 Å². The largest absolute Gasteiger partial charge is 0.342 e. The summed E-state index contributed by atoms with van der Waals surface area (Å²) in [7, 11) is 4.23. The molecule has 1 amide bonds. The highest BCUT2D eigenvalue weighted by atomic mass is 35.5. The van der Waals surface area contributed by atoms with Crippen LogP contribution in [0.2, 0.25) is 0 Å². The molecule has 0 radical (unpaired) electrons. The van der Waals surface area contributed by atoms with Gasteiger partial charge in [0, 0.05) is 44.5 Å². The summed E-state index contributed by atoms with van der Waals surface area (Å²) in [4.78, 5) is 21.4. The highest BCUT2D eigenvalue weighted by Gasteiger charge is 2.31. The van der Waals surface area contributed by atoms with Gasteiger partial charge in [-0.25, -0.2) is 4.98 Å². The molecule has 0 spiro atoms. The maximum absolute atomic E-state index is 12.5. The van der Waals surface area contributed by atoms with Crippen LogP contribution in [0.4, 0.5) is 0 Å². The van der Waals surface area contributed by atoms with Gasteiger partial charge in [-0.05, 0) is 52.9 Å². The van der Waals surface area contributed by atoms with Gasteiger partial charge < -0.3 is 19.7 Å². The lowest BCUT2D eigenvalue weighted by Gasteiger charge is -2.33. The zero-order valence-corrected chi connectivity index (χ0v) is 17.5. The molecule has 2 aliphatic rings. The first-order chi connectivity index (χ1) is 11.6. The Morgan fingerprint density at radius 1 is 1.27 bits per heavy atom. The van der Waals surface area contributed by atoms with Gasteiger partial charge in [-0.15, -0.1) is 24.8 Å². The Morgan fingerprint density at radius 2 is 2.00 bits per heavy atom. The Balaban J connectivity index is 0.00000169. The number of piperidine rings is 1. The Bertz CT molecular complexity index is 537. The number of imidazole rings is 1. The smallest absolute Gasteiger partial charge is 0.227 e. The van der Waals surface area contributed by atoms with Crippen molar-refractivity contribution >= 4 is 30.7 Å². The summed E-state index contributed by atoms with van der Waals surface area (Å²) in [6.45, 7) is 5.72. The first-order valence-corrected chi connectivity index (χ1v) is 9.30. The van der Waals surface area contributed by atoms with Crippen molar-refractivity contribution in [1.82, 2.24) is 24.7 Å². The van der Waals surface area contributed by atoms with Crippen molar-refractivity contribution in [2.24, 2.45) is 5.92 Å². The molecule has 2 aliphatic heterocycles. The summed E-state index contributed by atoms with van der Waals surface area (Å²) in [6, 6.07) is 0. The number of aromatic nitrogens is 2. The van der Waals surface area contributed by atoms with Crippen LogP contribution in [0.25, 0.3) is 0 Å². The Kier molecular flexibility index (Phi) is 9.93. The second-order valence-electron chi connectivity index (χ2n) is 7.42. The third-order valence-electron chi connectivity index (χ3n) is 5.33. The molecule has 3 heterocycles. The number of carbonyl (C=O) groups is 1. The molecule has 26 heavy (non-hydrogen) atoms. The van der Waals surface area contributed by atoms with Gasteiger partial charge >= 0.3 is 0 Å². The van der Waals surface area contributed by atoms with E-state index >= 15 is 0 Å². The minimum Gasteiger partial charge on any atom is -0.342 e. The van der Waals surface area contributed by atoms with Crippen molar-refractivity contribution in [2.75, 3.05) is 46.8 Å². The summed E-state index contributed by atoms with van der Waals surface area (Å²) in [6.07, 6.45) is 8.24. The number of hydrogen-bond acceptors (Lipinski definition) is 4. The molecular weight excluding hydrogens is 373 g/mol. The van der Waals surface area contributed by atoms with E-state index in [-0.39, 0.29) is 30.7 Å². The van der Waals surface area contributed by atoms with Crippen molar-refractivity contribution in [1.29, 1.82) is 0 Å². The van der Waals surface area contributed by atoms with Crippen LogP contribution in [-0.4, -0.2) is 72.1 Å². The molecule has 1 aromatic rings. The first-order valence-electron chi connectivity index (χ1n) is 9.30. The van der Waals surface area contributed by atoms with Gasteiger partial charge in [0.15, 0.2) is 0 Å². The average molecular weight is 406 g/mol. The van der Waals surface area contributed by atoms with Gasteiger partial charge in [0.2, 0.25) is 5.91 Å². The second-order valence-corrected chi connectivity index (χ2v) is 7.42. The van der Waals surface area contributed by atoms with Gasteiger partial charge in [-0.1, -0.05) is 0 Å². The van der Waals surface area contributed by atoms with E-state index in [4.69, 9.17) is 0 Å². The van der Waals surface area contributed by atoms with E-state index in [1.165, 1.54) is 5.82 Å². The predicted octanol–water partition coefficient (Wildman–Crippen LogP) is 1.99. The Hall–Kier alpha value is -0.820. The average Bonchev–Trinajstić information content (AvgIpc) is 3.26. The number of halogens is 2. The number of nitrogens with one attached hydrogen (secondary N) is 1. The fourth-order valence-corrected chi connectivity index (χ4v) is 3.91. The maximum Gasteiger partial charge on any atom is 0.227 e. The number of amides is 1.